The number of hydrogen-bond donors (Lipinski definition) is 1. The van der Waals surface area contributed by atoms with Gasteiger partial charge in [0.25, 0.3) is 5.91 Å². The first-order chi connectivity index (χ1) is 17.0. The van der Waals surface area contributed by atoms with Crippen LogP contribution in [0.1, 0.15) is 23.2 Å². The van der Waals surface area contributed by atoms with E-state index in [1.165, 1.54) is 6.33 Å². The number of nitrogens with zero attached hydrogens (tertiary/aromatic N) is 6. The second-order valence-electron chi connectivity index (χ2n) is 9.01. The summed E-state index contributed by atoms with van der Waals surface area (Å²) >= 11 is 6.50. The van der Waals surface area contributed by atoms with Gasteiger partial charge in [0.05, 0.1) is 24.4 Å². The Kier molecular flexibility index (Phi) is 5.29. The number of benzene rings is 1. The number of carbonyl (C=O) groups excluding carboxylic acids is 2. The minimum absolute atomic E-state index is 0.106. The number of nitrogens with one attached hydrogen (secondary N) is 1. The molecule has 178 valence electrons. The molecule has 1 N–H and O–H groups in total. The van der Waals surface area contributed by atoms with E-state index in [4.69, 9.17) is 16.6 Å². The summed E-state index contributed by atoms with van der Waals surface area (Å²) in [5, 5.41) is 3.67. The molecule has 0 saturated carbocycles. The Morgan fingerprint density at radius 2 is 1.97 bits per heavy atom. The minimum Gasteiger partial charge on any atom is -0.352 e. The van der Waals surface area contributed by atoms with Gasteiger partial charge < -0.3 is 15.1 Å². The number of amides is 2. The lowest BCUT2D eigenvalue weighted by Gasteiger charge is -2.40. The Morgan fingerprint density at radius 3 is 2.80 bits per heavy atom. The highest BCUT2D eigenvalue weighted by molar-refractivity contribution is 6.34. The van der Waals surface area contributed by atoms with Crippen molar-refractivity contribution in [3.05, 3.63) is 65.5 Å². The molecular formula is C25H24ClN7O2. The zero-order chi connectivity index (χ0) is 24.1. The molecule has 9 nitrogen and oxygen atoms in total. The molecule has 10 heteroatoms. The van der Waals surface area contributed by atoms with Crippen molar-refractivity contribution in [1.82, 2.24) is 14.9 Å². The third kappa shape index (κ3) is 3.49. The average molecular weight is 490 g/mol. The number of allylic oxidation sites excluding steroid dienone is 2. The van der Waals surface area contributed by atoms with Gasteiger partial charge in [-0.1, -0.05) is 42.0 Å². The van der Waals surface area contributed by atoms with E-state index >= 15 is 0 Å². The summed E-state index contributed by atoms with van der Waals surface area (Å²) in [5.41, 5.74) is 1.19. The van der Waals surface area contributed by atoms with Crippen LogP contribution in [0.25, 0.3) is 0 Å². The van der Waals surface area contributed by atoms with Crippen molar-refractivity contribution in [1.29, 1.82) is 0 Å². The molecule has 0 spiro atoms. The fourth-order valence-corrected chi connectivity index (χ4v) is 5.52. The molecule has 0 bridgehead atoms. The maximum absolute atomic E-state index is 13.9. The standard InChI is InChI=1S/C25H24ClN7O2/c1-31-14-29-21-20(24(31)34)23(28-13-27-21)32-12-6-11-18(32)22-30-17-10-5-9-16(26)19(17)25(35)33(22)15-7-3-2-4-8-15/h2-5,7-10,13,17-19H,6,11-12,14H2,1H3,(H,27,28,29). The van der Waals surface area contributed by atoms with E-state index in [9.17, 15) is 9.59 Å². The molecule has 3 atom stereocenters. The maximum Gasteiger partial charge on any atom is 0.262 e. The second kappa shape index (κ2) is 8.49. The molecular weight excluding hydrogens is 466 g/mol. The molecule has 1 aromatic carbocycles. The van der Waals surface area contributed by atoms with Crippen molar-refractivity contribution < 1.29 is 9.59 Å². The van der Waals surface area contributed by atoms with E-state index in [1.807, 2.05) is 42.5 Å². The summed E-state index contributed by atoms with van der Waals surface area (Å²) in [6, 6.07) is 8.91. The quantitative estimate of drug-likeness (QED) is 0.712. The maximum atomic E-state index is 13.9. The number of fused-ring (bicyclic) bond motifs is 2. The highest BCUT2D eigenvalue weighted by Crippen LogP contribution is 2.38. The van der Waals surface area contributed by atoms with Gasteiger partial charge in [0.2, 0.25) is 5.91 Å². The Hall–Kier alpha value is -3.72. The summed E-state index contributed by atoms with van der Waals surface area (Å²) in [7, 11) is 1.74. The van der Waals surface area contributed by atoms with E-state index in [-0.39, 0.29) is 23.9 Å². The second-order valence-corrected chi connectivity index (χ2v) is 9.45. The molecule has 6 rings (SSSR count). The van der Waals surface area contributed by atoms with E-state index in [1.54, 1.807) is 22.9 Å². The molecule has 35 heavy (non-hydrogen) atoms. The number of amidine groups is 1. The van der Waals surface area contributed by atoms with Crippen LogP contribution in [0.4, 0.5) is 17.3 Å². The minimum atomic E-state index is -0.549. The highest BCUT2D eigenvalue weighted by atomic mass is 35.5. The Bertz CT molecular complexity index is 1290. The molecule has 1 saturated heterocycles. The first-order valence-electron chi connectivity index (χ1n) is 11.7. The van der Waals surface area contributed by atoms with Crippen LogP contribution in [0.3, 0.4) is 0 Å². The molecule has 1 aromatic heterocycles. The average Bonchev–Trinajstić information content (AvgIpc) is 3.36. The van der Waals surface area contributed by atoms with Gasteiger partial charge in [0.1, 0.15) is 35.3 Å². The predicted molar refractivity (Wildman–Crippen MR) is 135 cm³/mol. The molecule has 2 aromatic rings. The fraction of sp³-hybridized carbons (Fsp3) is 0.320. The molecule has 1 aliphatic carbocycles. The van der Waals surface area contributed by atoms with Crippen molar-refractivity contribution in [2.45, 2.75) is 24.9 Å². The zero-order valence-electron chi connectivity index (χ0n) is 19.1. The number of aromatic nitrogens is 2. The van der Waals surface area contributed by atoms with Crippen LogP contribution in [0.2, 0.25) is 0 Å². The summed E-state index contributed by atoms with van der Waals surface area (Å²) in [5.74, 6) is 0.945. The van der Waals surface area contributed by atoms with Crippen molar-refractivity contribution in [3.63, 3.8) is 0 Å². The molecule has 3 aliphatic heterocycles. The van der Waals surface area contributed by atoms with Crippen LogP contribution in [-0.4, -0.2) is 64.9 Å². The Labute approximate surface area is 207 Å². The van der Waals surface area contributed by atoms with Crippen LogP contribution < -0.4 is 15.1 Å². The van der Waals surface area contributed by atoms with Gasteiger partial charge in [0, 0.05) is 18.6 Å². The van der Waals surface area contributed by atoms with Crippen LogP contribution >= 0.6 is 11.6 Å². The largest absolute Gasteiger partial charge is 0.352 e. The molecule has 0 radical (unpaired) electrons. The Balaban J connectivity index is 1.47. The van der Waals surface area contributed by atoms with Crippen LogP contribution in [0.15, 0.2) is 64.9 Å². The van der Waals surface area contributed by atoms with Crippen LogP contribution in [0.5, 0.6) is 0 Å². The topological polar surface area (TPSA) is 94.0 Å². The first-order valence-corrected chi connectivity index (χ1v) is 12.0. The first kappa shape index (κ1) is 21.8. The van der Waals surface area contributed by atoms with Crippen molar-refractivity contribution in [2.75, 3.05) is 35.4 Å². The lowest BCUT2D eigenvalue weighted by atomic mass is 9.90. The van der Waals surface area contributed by atoms with Gasteiger partial charge in [-0.3, -0.25) is 19.5 Å². The molecule has 2 amide bonds. The van der Waals surface area contributed by atoms with Gasteiger partial charge in [-0.25, -0.2) is 9.97 Å². The number of hydrogen-bond acceptors (Lipinski definition) is 7. The smallest absolute Gasteiger partial charge is 0.262 e. The van der Waals surface area contributed by atoms with Crippen LogP contribution in [0, 0.1) is 5.92 Å². The fourth-order valence-electron chi connectivity index (χ4n) is 5.22. The summed E-state index contributed by atoms with van der Waals surface area (Å²) < 4.78 is 0. The number of halogens is 1. The number of rotatable bonds is 3. The number of anilines is 3. The van der Waals surface area contributed by atoms with Gasteiger partial charge in [-0.05, 0) is 31.1 Å². The normalized spacial score (nSPS) is 25.7. The lowest BCUT2D eigenvalue weighted by molar-refractivity contribution is -0.120. The van der Waals surface area contributed by atoms with Crippen LogP contribution in [-0.2, 0) is 4.79 Å². The van der Waals surface area contributed by atoms with Gasteiger partial charge in [0.15, 0.2) is 0 Å². The SMILES string of the molecule is CN1CNc2ncnc(N3CCCC3C3=NC4C=CC=C(Cl)C4C(=O)N3c3ccccc3)c2C1=O. The molecule has 4 heterocycles. The summed E-state index contributed by atoms with van der Waals surface area (Å²) in [6.45, 7) is 1.07. The number of aliphatic imine (C=N–C) groups is 1. The van der Waals surface area contributed by atoms with Crippen molar-refractivity contribution in [3.8, 4) is 0 Å². The van der Waals surface area contributed by atoms with E-state index in [0.717, 1.165) is 18.5 Å². The zero-order valence-corrected chi connectivity index (χ0v) is 19.9. The van der Waals surface area contributed by atoms with Crippen molar-refractivity contribution in [2.24, 2.45) is 10.9 Å². The van der Waals surface area contributed by atoms with E-state index < -0.39 is 5.92 Å². The van der Waals surface area contributed by atoms with Crippen molar-refractivity contribution >= 4 is 46.6 Å². The highest BCUT2D eigenvalue weighted by Gasteiger charge is 2.46. The third-order valence-corrected chi connectivity index (χ3v) is 7.27. The molecule has 1 fully saturated rings. The number of carbonyl (C=O) groups is 2. The monoisotopic (exact) mass is 489 g/mol. The number of para-hydroxylation sites is 1. The molecule has 3 unspecified atom stereocenters. The van der Waals surface area contributed by atoms with Gasteiger partial charge in [-0.2, -0.15) is 0 Å². The third-order valence-electron chi connectivity index (χ3n) is 6.91. The Morgan fingerprint density at radius 1 is 1.14 bits per heavy atom. The van der Waals surface area contributed by atoms with E-state index in [2.05, 4.69) is 20.2 Å². The van der Waals surface area contributed by atoms with Gasteiger partial charge >= 0.3 is 0 Å². The summed E-state index contributed by atoms with van der Waals surface area (Å²) in [4.78, 5) is 46.3. The molecule has 4 aliphatic rings. The van der Waals surface area contributed by atoms with Gasteiger partial charge in [-0.15, -0.1) is 0 Å². The predicted octanol–water partition coefficient (Wildman–Crippen LogP) is 3.02. The lowest BCUT2D eigenvalue weighted by Crippen LogP contribution is -2.56. The van der Waals surface area contributed by atoms with E-state index in [0.29, 0.717) is 41.3 Å². The summed E-state index contributed by atoms with van der Waals surface area (Å²) in [6.07, 6.45) is 8.66.